The summed E-state index contributed by atoms with van der Waals surface area (Å²) in [6.07, 6.45) is 0.854. The van der Waals surface area contributed by atoms with Gasteiger partial charge in [0, 0.05) is 11.4 Å². The summed E-state index contributed by atoms with van der Waals surface area (Å²) >= 11 is 1.36. The summed E-state index contributed by atoms with van der Waals surface area (Å²) in [5, 5.41) is 2.64. The number of methoxy groups -OCH3 is 1. The van der Waals surface area contributed by atoms with Gasteiger partial charge in [-0.1, -0.05) is 6.92 Å². The molecule has 0 radical (unpaired) electrons. The van der Waals surface area contributed by atoms with Gasteiger partial charge in [0.25, 0.3) is 5.91 Å². The zero-order valence-corrected chi connectivity index (χ0v) is 12.5. The Morgan fingerprint density at radius 3 is 2.55 bits per heavy atom. The van der Waals surface area contributed by atoms with E-state index < -0.39 is 5.97 Å². The van der Waals surface area contributed by atoms with Crippen LogP contribution >= 0.6 is 11.8 Å². The monoisotopic (exact) mass is 297 g/mol. The lowest BCUT2D eigenvalue weighted by atomic mass is 10.3. The molecule has 0 fully saturated rings. The fourth-order valence-corrected chi connectivity index (χ4v) is 2.01. The molecule has 0 aliphatic carbocycles. The topological polar surface area (TPSA) is 64.6 Å². The molecule has 0 unspecified atom stereocenters. The normalized spacial score (nSPS) is 9.90. The number of carbonyl (C=O) groups is 2. The molecular formula is C14H19NO4S. The third kappa shape index (κ3) is 6.47. The number of carbonyl (C=O) groups excluding carboxylic acids is 2. The molecule has 0 atom stereocenters. The molecule has 1 aromatic rings. The van der Waals surface area contributed by atoms with E-state index in [0.717, 1.165) is 17.1 Å². The zero-order valence-electron chi connectivity index (χ0n) is 11.7. The summed E-state index contributed by atoms with van der Waals surface area (Å²) in [6, 6.07) is 7.38. The number of ether oxygens (including phenoxy) is 2. The van der Waals surface area contributed by atoms with Gasteiger partial charge in [-0.25, -0.2) is 0 Å². The molecule has 0 bridgehead atoms. The van der Waals surface area contributed by atoms with Crippen LogP contribution in [-0.4, -0.2) is 37.9 Å². The molecule has 1 rings (SSSR count). The van der Waals surface area contributed by atoms with Gasteiger partial charge in [-0.15, -0.1) is 11.8 Å². The minimum atomic E-state index is -0.405. The molecule has 1 N–H and O–H groups in total. The van der Waals surface area contributed by atoms with E-state index >= 15 is 0 Å². The lowest BCUT2D eigenvalue weighted by Gasteiger charge is -2.06. The summed E-state index contributed by atoms with van der Waals surface area (Å²) < 4.78 is 9.92. The number of thioether (sulfide) groups is 1. The molecule has 1 amide bonds. The van der Waals surface area contributed by atoms with Gasteiger partial charge in [-0.05, 0) is 30.7 Å². The average Bonchev–Trinajstić information content (AvgIpc) is 2.49. The molecule has 0 aliphatic heterocycles. The predicted octanol–water partition coefficient (Wildman–Crippen LogP) is 1.86. The van der Waals surface area contributed by atoms with E-state index in [1.165, 1.54) is 11.8 Å². The van der Waals surface area contributed by atoms with Gasteiger partial charge in [-0.2, -0.15) is 0 Å². The van der Waals surface area contributed by atoms with Gasteiger partial charge in [0.15, 0.2) is 6.61 Å². The predicted molar refractivity (Wildman–Crippen MR) is 78.0 cm³/mol. The quantitative estimate of drug-likeness (QED) is 0.586. The van der Waals surface area contributed by atoms with E-state index in [1.54, 1.807) is 7.11 Å². The maximum absolute atomic E-state index is 11.5. The van der Waals surface area contributed by atoms with Crippen molar-refractivity contribution in [3.05, 3.63) is 24.3 Å². The van der Waals surface area contributed by atoms with Crippen molar-refractivity contribution in [3.63, 3.8) is 0 Å². The Balaban J connectivity index is 2.23. The molecule has 0 spiro atoms. The molecule has 6 heteroatoms. The number of amides is 1. The minimum absolute atomic E-state index is 0.174. The van der Waals surface area contributed by atoms with Crippen LogP contribution in [0.1, 0.15) is 13.3 Å². The van der Waals surface area contributed by atoms with Gasteiger partial charge in [0.1, 0.15) is 5.75 Å². The van der Waals surface area contributed by atoms with Crippen molar-refractivity contribution in [2.75, 3.05) is 26.0 Å². The molecule has 0 saturated carbocycles. The Bertz CT molecular complexity index is 433. The van der Waals surface area contributed by atoms with Crippen LogP contribution in [0.5, 0.6) is 5.75 Å². The second kappa shape index (κ2) is 9.25. The van der Waals surface area contributed by atoms with Gasteiger partial charge < -0.3 is 14.8 Å². The first kappa shape index (κ1) is 16.4. The van der Waals surface area contributed by atoms with Crippen molar-refractivity contribution >= 4 is 23.6 Å². The Kier molecular flexibility index (Phi) is 7.57. The molecule has 110 valence electrons. The van der Waals surface area contributed by atoms with E-state index in [9.17, 15) is 9.59 Å². The van der Waals surface area contributed by atoms with Crippen LogP contribution in [-0.2, 0) is 14.3 Å². The Hall–Kier alpha value is -1.69. The maximum Gasteiger partial charge on any atom is 0.316 e. The fraction of sp³-hybridized carbons (Fsp3) is 0.429. The van der Waals surface area contributed by atoms with Crippen molar-refractivity contribution < 1.29 is 19.1 Å². The molecule has 1 aromatic carbocycles. The third-order valence-electron chi connectivity index (χ3n) is 2.35. The van der Waals surface area contributed by atoms with Crippen LogP contribution in [0, 0.1) is 0 Å². The second-order valence-electron chi connectivity index (χ2n) is 3.97. The molecular weight excluding hydrogens is 278 g/mol. The molecule has 0 saturated heterocycles. The fourth-order valence-electron chi connectivity index (χ4n) is 1.32. The first-order chi connectivity index (χ1) is 9.65. The highest BCUT2D eigenvalue weighted by molar-refractivity contribution is 8.00. The van der Waals surface area contributed by atoms with E-state index in [1.807, 2.05) is 31.2 Å². The third-order valence-corrected chi connectivity index (χ3v) is 3.34. The van der Waals surface area contributed by atoms with Crippen LogP contribution in [0.3, 0.4) is 0 Å². The summed E-state index contributed by atoms with van der Waals surface area (Å²) in [4.78, 5) is 23.7. The number of nitrogens with one attached hydrogen (secondary N) is 1. The minimum Gasteiger partial charge on any atom is -0.497 e. The van der Waals surface area contributed by atoms with Gasteiger partial charge in [0.2, 0.25) is 0 Å². The number of hydrogen-bond donors (Lipinski definition) is 1. The lowest BCUT2D eigenvalue weighted by Crippen LogP contribution is -2.29. The largest absolute Gasteiger partial charge is 0.497 e. The Labute approximate surface area is 123 Å². The van der Waals surface area contributed by atoms with Crippen LogP contribution in [0.2, 0.25) is 0 Å². The number of benzene rings is 1. The van der Waals surface area contributed by atoms with Crippen molar-refractivity contribution in [2.45, 2.75) is 18.2 Å². The second-order valence-corrected chi connectivity index (χ2v) is 5.02. The van der Waals surface area contributed by atoms with E-state index in [4.69, 9.17) is 9.47 Å². The SMILES string of the molecule is CCCNC(=O)COC(=O)CSc1ccc(OC)cc1. The molecule has 0 aliphatic rings. The first-order valence-corrected chi connectivity index (χ1v) is 7.33. The van der Waals surface area contributed by atoms with Crippen molar-refractivity contribution in [3.8, 4) is 5.75 Å². The van der Waals surface area contributed by atoms with E-state index in [2.05, 4.69) is 5.32 Å². The van der Waals surface area contributed by atoms with Crippen molar-refractivity contribution in [1.29, 1.82) is 0 Å². The van der Waals surface area contributed by atoms with Crippen LogP contribution in [0.15, 0.2) is 29.2 Å². The highest BCUT2D eigenvalue weighted by Gasteiger charge is 2.07. The average molecular weight is 297 g/mol. The van der Waals surface area contributed by atoms with Crippen molar-refractivity contribution in [2.24, 2.45) is 0 Å². The number of esters is 1. The van der Waals surface area contributed by atoms with Gasteiger partial charge in [0.05, 0.1) is 12.9 Å². The van der Waals surface area contributed by atoms with Gasteiger partial charge >= 0.3 is 5.97 Å². The van der Waals surface area contributed by atoms with Crippen LogP contribution < -0.4 is 10.1 Å². The summed E-state index contributed by atoms with van der Waals surface area (Å²) in [5.74, 6) is 0.268. The van der Waals surface area contributed by atoms with Crippen LogP contribution in [0.4, 0.5) is 0 Å². The Morgan fingerprint density at radius 1 is 1.25 bits per heavy atom. The highest BCUT2D eigenvalue weighted by Crippen LogP contribution is 2.21. The summed E-state index contributed by atoms with van der Waals surface area (Å²) in [6.45, 7) is 2.33. The number of hydrogen-bond acceptors (Lipinski definition) is 5. The number of rotatable bonds is 8. The van der Waals surface area contributed by atoms with E-state index in [-0.39, 0.29) is 18.3 Å². The van der Waals surface area contributed by atoms with E-state index in [0.29, 0.717) is 6.54 Å². The zero-order chi connectivity index (χ0) is 14.8. The molecule has 20 heavy (non-hydrogen) atoms. The summed E-state index contributed by atoms with van der Waals surface area (Å²) in [5.41, 5.74) is 0. The maximum atomic E-state index is 11.5. The summed E-state index contributed by atoms with van der Waals surface area (Å²) in [7, 11) is 1.60. The standard InChI is InChI=1S/C14H19NO4S/c1-3-8-15-13(16)9-19-14(17)10-20-12-6-4-11(18-2)5-7-12/h4-7H,3,8-10H2,1-2H3,(H,15,16). The van der Waals surface area contributed by atoms with Crippen LogP contribution in [0.25, 0.3) is 0 Å². The lowest BCUT2D eigenvalue weighted by molar-refractivity contribution is -0.145. The Morgan fingerprint density at radius 2 is 1.95 bits per heavy atom. The highest BCUT2D eigenvalue weighted by atomic mass is 32.2. The molecule has 0 heterocycles. The molecule has 0 aromatic heterocycles. The molecule has 5 nitrogen and oxygen atoms in total. The first-order valence-electron chi connectivity index (χ1n) is 6.35. The van der Waals surface area contributed by atoms with Gasteiger partial charge in [-0.3, -0.25) is 9.59 Å². The van der Waals surface area contributed by atoms with Crippen molar-refractivity contribution in [1.82, 2.24) is 5.32 Å². The smallest absolute Gasteiger partial charge is 0.316 e.